The van der Waals surface area contributed by atoms with Crippen LogP contribution in [0.1, 0.15) is 16.1 Å². The van der Waals surface area contributed by atoms with Crippen LogP contribution in [-0.4, -0.2) is 84.0 Å². The SMILES string of the molecule is COCCN(C)C[C@H]1CN(C(=O)c2c(C)n(C)c3ccc(O)cc23)C[C@H]1CO. The van der Waals surface area contributed by atoms with Crippen LogP contribution >= 0.6 is 0 Å². The third-order valence-electron chi connectivity index (χ3n) is 6.01. The Morgan fingerprint density at radius 1 is 1.32 bits per heavy atom. The van der Waals surface area contributed by atoms with Gasteiger partial charge in [-0.1, -0.05) is 0 Å². The molecule has 1 aromatic heterocycles. The van der Waals surface area contributed by atoms with Crippen LogP contribution in [0, 0.1) is 18.8 Å². The minimum atomic E-state index is -0.0332. The molecule has 1 aromatic carbocycles. The standard InChI is InChI=1S/C21H31N3O4/c1-14-20(18-9-17(26)5-6-19(18)23(14)3)21(27)24-11-15(16(12-24)13-25)10-22(2)7-8-28-4/h5-6,9,15-16,25-26H,7-8,10-13H2,1-4H3/t15-,16-/m0/s1. The van der Waals surface area contributed by atoms with Crippen molar-refractivity contribution < 1.29 is 19.7 Å². The van der Waals surface area contributed by atoms with Crippen LogP contribution in [0.15, 0.2) is 18.2 Å². The number of rotatable bonds is 7. The van der Waals surface area contributed by atoms with E-state index in [1.807, 2.05) is 36.6 Å². The normalized spacial score (nSPS) is 19.9. The van der Waals surface area contributed by atoms with Gasteiger partial charge < -0.3 is 29.3 Å². The second-order valence-corrected chi connectivity index (χ2v) is 7.89. The van der Waals surface area contributed by atoms with E-state index in [0.717, 1.165) is 29.7 Å². The number of phenolic OH excluding ortho intramolecular Hbond substituents is 1. The molecule has 1 aliphatic heterocycles. The zero-order chi connectivity index (χ0) is 20.4. The Hall–Kier alpha value is -2.09. The number of carbonyl (C=O) groups is 1. The maximum Gasteiger partial charge on any atom is 0.256 e. The maximum atomic E-state index is 13.4. The molecule has 1 amide bonds. The van der Waals surface area contributed by atoms with Crippen molar-refractivity contribution in [2.45, 2.75) is 6.92 Å². The molecular weight excluding hydrogens is 358 g/mol. The number of hydrogen-bond acceptors (Lipinski definition) is 5. The fourth-order valence-electron chi connectivity index (χ4n) is 4.25. The Morgan fingerprint density at radius 3 is 2.71 bits per heavy atom. The van der Waals surface area contributed by atoms with Crippen molar-refractivity contribution in [3.63, 3.8) is 0 Å². The van der Waals surface area contributed by atoms with Crippen molar-refractivity contribution in [3.8, 4) is 5.75 Å². The number of benzene rings is 1. The van der Waals surface area contributed by atoms with Gasteiger partial charge in [-0.05, 0) is 38.1 Å². The fraction of sp³-hybridized carbons (Fsp3) is 0.571. The quantitative estimate of drug-likeness (QED) is 0.750. The van der Waals surface area contributed by atoms with E-state index in [1.54, 1.807) is 19.2 Å². The number of aryl methyl sites for hydroxylation is 1. The smallest absolute Gasteiger partial charge is 0.256 e. The zero-order valence-corrected chi connectivity index (χ0v) is 17.2. The van der Waals surface area contributed by atoms with Gasteiger partial charge >= 0.3 is 0 Å². The molecule has 1 saturated heterocycles. The number of phenols is 1. The number of aromatic nitrogens is 1. The van der Waals surface area contributed by atoms with E-state index >= 15 is 0 Å². The molecule has 0 bridgehead atoms. The van der Waals surface area contributed by atoms with Crippen LogP contribution in [0.4, 0.5) is 0 Å². The van der Waals surface area contributed by atoms with Gasteiger partial charge in [0.1, 0.15) is 5.75 Å². The van der Waals surface area contributed by atoms with Gasteiger partial charge in [0, 0.05) is 69.5 Å². The zero-order valence-electron chi connectivity index (χ0n) is 17.2. The average molecular weight is 389 g/mol. The van der Waals surface area contributed by atoms with Gasteiger partial charge in [-0.15, -0.1) is 0 Å². The van der Waals surface area contributed by atoms with Crippen LogP contribution in [-0.2, 0) is 11.8 Å². The number of aliphatic hydroxyl groups excluding tert-OH is 1. The summed E-state index contributed by atoms with van der Waals surface area (Å²) >= 11 is 0. The molecule has 7 heteroatoms. The number of likely N-dealkylation sites (N-methyl/N-ethyl adjacent to an activating group) is 1. The summed E-state index contributed by atoms with van der Waals surface area (Å²) in [7, 11) is 5.65. The summed E-state index contributed by atoms with van der Waals surface area (Å²) in [5.41, 5.74) is 2.44. The summed E-state index contributed by atoms with van der Waals surface area (Å²) in [5, 5.41) is 20.5. The van der Waals surface area contributed by atoms with Gasteiger partial charge in [0.2, 0.25) is 0 Å². The molecule has 154 valence electrons. The minimum Gasteiger partial charge on any atom is -0.508 e. The Labute approximate surface area is 166 Å². The van der Waals surface area contributed by atoms with Crippen LogP contribution in [0.3, 0.4) is 0 Å². The molecule has 0 unspecified atom stereocenters. The fourth-order valence-corrected chi connectivity index (χ4v) is 4.25. The van der Waals surface area contributed by atoms with Gasteiger partial charge in [0.25, 0.3) is 5.91 Å². The van der Waals surface area contributed by atoms with Gasteiger partial charge in [0.05, 0.1) is 12.2 Å². The van der Waals surface area contributed by atoms with E-state index in [4.69, 9.17) is 4.74 Å². The van der Waals surface area contributed by atoms with Crippen LogP contribution in [0.5, 0.6) is 5.75 Å². The molecule has 0 saturated carbocycles. The number of ether oxygens (including phenoxy) is 1. The number of methoxy groups -OCH3 is 1. The summed E-state index contributed by atoms with van der Waals surface area (Å²) in [4.78, 5) is 17.4. The topological polar surface area (TPSA) is 78.2 Å². The minimum absolute atomic E-state index is 0.0332. The van der Waals surface area contributed by atoms with E-state index in [2.05, 4.69) is 4.90 Å². The lowest BCUT2D eigenvalue weighted by Crippen LogP contribution is -2.34. The number of fused-ring (bicyclic) bond motifs is 1. The molecule has 2 heterocycles. The van der Waals surface area contributed by atoms with E-state index in [9.17, 15) is 15.0 Å². The summed E-state index contributed by atoms with van der Waals surface area (Å²) in [6, 6.07) is 5.13. The largest absolute Gasteiger partial charge is 0.508 e. The van der Waals surface area contributed by atoms with Crippen LogP contribution in [0.25, 0.3) is 10.9 Å². The average Bonchev–Trinajstić information content (AvgIpc) is 3.18. The number of carbonyl (C=O) groups excluding carboxylic acids is 1. The predicted molar refractivity (Wildman–Crippen MR) is 109 cm³/mol. The van der Waals surface area contributed by atoms with Crippen molar-refractivity contribution in [1.82, 2.24) is 14.4 Å². The van der Waals surface area contributed by atoms with Crippen molar-refractivity contribution in [2.75, 3.05) is 53.6 Å². The number of nitrogens with zero attached hydrogens (tertiary/aromatic N) is 3. The van der Waals surface area contributed by atoms with Crippen molar-refractivity contribution in [3.05, 3.63) is 29.5 Å². The molecule has 2 N–H and O–H groups in total. The monoisotopic (exact) mass is 389 g/mol. The Bertz CT molecular complexity index is 848. The molecule has 3 rings (SSSR count). The van der Waals surface area contributed by atoms with Crippen molar-refractivity contribution >= 4 is 16.8 Å². The number of hydrogen-bond donors (Lipinski definition) is 2. The van der Waals surface area contributed by atoms with E-state index in [0.29, 0.717) is 25.3 Å². The van der Waals surface area contributed by atoms with Crippen molar-refractivity contribution in [2.24, 2.45) is 18.9 Å². The molecule has 0 spiro atoms. The van der Waals surface area contributed by atoms with E-state index in [-0.39, 0.29) is 30.1 Å². The van der Waals surface area contributed by atoms with Crippen molar-refractivity contribution in [1.29, 1.82) is 0 Å². The van der Waals surface area contributed by atoms with Gasteiger partial charge in [0.15, 0.2) is 0 Å². The van der Waals surface area contributed by atoms with Gasteiger partial charge in [-0.2, -0.15) is 0 Å². The van der Waals surface area contributed by atoms with E-state index in [1.165, 1.54) is 0 Å². The molecule has 0 aliphatic carbocycles. The van der Waals surface area contributed by atoms with Gasteiger partial charge in [-0.25, -0.2) is 0 Å². The summed E-state index contributed by atoms with van der Waals surface area (Å²) in [6.45, 7) is 5.47. The third-order valence-corrected chi connectivity index (χ3v) is 6.01. The number of aliphatic hydroxyl groups is 1. The summed E-state index contributed by atoms with van der Waals surface area (Å²) in [5.74, 6) is 0.408. The lowest BCUT2D eigenvalue weighted by Gasteiger charge is -2.23. The highest BCUT2D eigenvalue weighted by molar-refractivity contribution is 6.08. The van der Waals surface area contributed by atoms with Crippen LogP contribution < -0.4 is 0 Å². The molecule has 2 atom stereocenters. The lowest BCUT2D eigenvalue weighted by molar-refractivity contribution is 0.0779. The number of aromatic hydroxyl groups is 1. The Morgan fingerprint density at radius 2 is 2.04 bits per heavy atom. The number of amides is 1. The molecule has 1 fully saturated rings. The first-order valence-electron chi connectivity index (χ1n) is 9.73. The molecule has 28 heavy (non-hydrogen) atoms. The third kappa shape index (κ3) is 3.87. The second kappa shape index (κ2) is 8.51. The first-order chi connectivity index (χ1) is 13.4. The highest BCUT2D eigenvalue weighted by atomic mass is 16.5. The summed E-state index contributed by atoms with van der Waals surface area (Å²) in [6.07, 6.45) is 0. The highest BCUT2D eigenvalue weighted by Crippen LogP contribution is 2.32. The maximum absolute atomic E-state index is 13.4. The van der Waals surface area contributed by atoms with Crippen LogP contribution in [0.2, 0.25) is 0 Å². The van der Waals surface area contributed by atoms with Gasteiger partial charge in [-0.3, -0.25) is 4.79 Å². The second-order valence-electron chi connectivity index (χ2n) is 7.89. The first kappa shape index (κ1) is 20.6. The molecule has 1 aliphatic rings. The molecule has 2 aromatic rings. The predicted octanol–water partition coefficient (Wildman–Crippen LogP) is 1.45. The Balaban J connectivity index is 1.83. The molecule has 0 radical (unpaired) electrons. The first-order valence-corrected chi connectivity index (χ1v) is 9.73. The highest BCUT2D eigenvalue weighted by Gasteiger charge is 2.37. The molecular formula is C21H31N3O4. The Kier molecular flexibility index (Phi) is 6.27. The number of likely N-dealkylation sites (tertiary alicyclic amines) is 1. The lowest BCUT2D eigenvalue weighted by atomic mass is 9.96. The molecule has 7 nitrogen and oxygen atoms in total. The summed E-state index contributed by atoms with van der Waals surface area (Å²) < 4.78 is 7.12. The van der Waals surface area contributed by atoms with E-state index < -0.39 is 0 Å².